The van der Waals surface area contributed by atoms with E-state index in [9.17, 15) is 26.4 Å². The third kappa shape index (κ3) is 5.58. The number of piperazine rings is 1. The first-order valence-corrected chi connectivity index (χ1v) is 10.3. The molecule has 152 valence electrons. The molecule has 6 nitrogen and oxygen atoms in total. The van der Waals surface area contributed by atoms with Crippen molar-refractivity contribution in [1.29, 1.82) is 0 Å². The third-order valence-electron chi connectivity index (χ3n) is 3.73. The fraction of sp³-hybridized carbons (Fsp3) is 0.562. The zero-order valence-electron chi connectivity index (χ0n) is 15.0. The van der Waals surface area contributed by atoms with E-state index in [1.807, 2.05) is 0 Å². The molecule has 0 aliphatic carbocycles. The molecule has 1 aromatic rings. The zero-order chi connectivity index (χ0) is 20.6. The first-order valence-electron chi connectivity index (χ1n) is 8.06. The third-order valence-corrected chi connectivity index (χ3v) is 6.06. The van der Waals surface area contributed by atoms with Crippen molar-refractivity contribution in [3.63, 3.8) is 0 Å². The molecule has 0 spiro atoms. The van der Waals surface area contributed by atoms with Gasteiger partial charge in [0.25, 0.3) is 0 Å². The van der Waals surface area contributed by atoms with Gasteiger partial charge in [-0.1, -0.05) is 15.9 Å². The number of ether oxygens (including phenoxy) is 1. The lowest BCUT2D eigenvalue weighted by Gasteiger charge is -2.35. The van der Waals surface area contributed by atoms with Crippen LogP contribution in [-0.2, 0) is 20.9 Å². The van der Waals surface area contributed by atoms with Crippen molar-refractivity contribution in [3.8, 4) is 0 Å². The Morgan fingerprint density at radius 2 is 1.63 bits per heavy atom. The summed E-state index contributed by atoms with van der Waals surface area (Å²) in [6.07, 6.45) is -5.22. The second-order valence-corrected chi connectivity index (χ2v) is 9.90. The number of halogens is 4. The van der Waals surface area contributed by atoms with Crippen molar-refractivity contribution in [1.82, 2.24) is 9.21 Å². The van der Waals surface area contributed by atoms with Crippen LogP contribution in [0.15, 0.2) is 27.6 Å². The van der Waals surface area contributed by atoms with Crippen LogP contribution in [0.2, 0.25) is 0 Å². The predicted molar refractivity (Wildman–Crippen MR) is 95.7 cm³/mol. The number of carbonyl (C=O) groups excluding carboxylic acids is 1. The SMILES string of the molecule is CC(C)(C)OC(=O)N1CCN(S(=O)(=O)c2cc(Br)cc(C(F)(F)F)c2)CC1. The minimum Gasteiger partial charge on any atom is -0.444 e. The first kappa shape index (κ1) is 22.0. The lowest BCUT2D eigenvalue weighted by Crippen LogP contribution is -2.51. The Kier molecular flexibility index (Phi) is 6.18. The minimum atomic E-state index is -4.66. The Morgan fingerprint density at radius 1 is 1.07 bits per heavy atom. The van der Waals surface area contributed by atoms with Gasteiger partial charge in [-0.15, -0.1) is 0 Å². The highest BCUT2D eigenvalue weighted by molar-refractivity contribution is 9.10. The topological polar surface area (TPSA) is 66.9 Å². The van der Waals surface area contributed by atoms with Crippen molar-refractivity contribution in [2.24, 2.45) is 0 Å². The normalized spacial score (nSPS) is 17.1. The Hall–Kier alpha value is -1.33. The van der Waals surface area contributed by atoms with Crippen LogP contribution in [0, 0.1) is 0 Å². The number of rotatable bonds is 2. The van der Waals surface area contributed by atoms with Crippen molar-refractivity contribution in [3.05, 3.63) is 28.2 Å². The van der Waals surface area contributed by atoms with Crippen LogP contribution in [0.1, 0.15) is 26.3 Å². The first-order chi connectivity index (χ1) is 12.2. The number of nitrogens with zero attached hydrogens (tertiary/aromatic N) is 2. The summed E-state index contributed by atoms with van der Waals surface area (Å²) in [5.41, 5.74) is -1.73. The lowest BCUT2D eigenvalue weighted by atomic mass is 10.2. The van der Waals surface area contributed by atoms with Crippen LogP contribution >= 0.6 is 15.9 Å². The summed E-state index contributed by atoms with van der Waals surface area (Å²) in [5.74, 6) is 0. The van der Waals surface area contributed by atoms with E-state index in [1.54, 1.807) is 20.8 Å². The van der Waals surface area contributed by atoms with Crippen LogP contribution in [0.3, 0.4) is 0 Å². The maximum atomic E-state index is 13.0. The number of benzene rings is 1. The largest absolute Gasteiger partial charge is 0.444 e. The smallest absolute Gasteiger partial charge is 0.416 e. The average molecular weight is 473 g/mol. The maximum Gasteiger partial charge on any atom is 0.416 e. The highest BCUT2D eigenvalue weighted by Crippen LogP contribution is 2.34. The van der Waals surface area contributed by atoms with Gasteiger partial charge in [0.15, 0.2) is 0 Å². The average Bonchev–Trinajstić information content (AvgIpc) is 2.52. The summed E-state index contributed by atoms with van der Waals surface area (Å²) in [6, 6.07) is 2.56. The molecule has 0 N–H and O–H groups in total. The van der Waals surface area contributed by atoms with E-state index in [1.165, 1.54) is 4.90 Å². The number of sulfonamides is 1. The number of hydrogen-bond donors (Lipinski definition) is 0. The van der Waals surface area contributed by atoms with Crippen LogP contribution in [0.25, 0.3) is 0 Å². The minimum absolute atomic E-state index is 0.0169. The highest BCUT2D eigenvalue weighted by atomic mass is 79.9. The quantitative estimate of drug-likeness (QED) is 0.657. The summed E-state index contributed by atoms with van der Waals surface area (Å²) in [4.78, 5) is 13.0. The van der Waals surface area contributed by atoms with Gasteiger partial charge < -0.3 is 9.64 Å². The summed E-state index contributed by atoms with van der Waals surface area (Å²) < 4.78 is 70.7. The van der Waals surface area contributed by atoms with Crippen LogP contribution in [-0.4, -0.2) is 55.5 Å². The second kappa shape index (κ2) is 7.59. The van der Waals surface area contributed by atoms with Crippen LogP contribution in [0.4, 0.5) is 18.0 Å². The van der Waals surface area contributed by atoms with Gasteiger partial charge in [0.1, 0.15) is 5.60 Å². The molecule has 0 radical (unpaired) electrons. The number of amides is 1. The predicted octanol–water partition coefficient (Wildman–Crippen LogP) is 3.71. The molecule has 1 heterocycles. The highest BCUT2D eigenvalue weighted by Gasteiger charge is 2.35. The Labute approximate surface area is 164 Å². The van der Waals surface area contributed by atoms with E-state index < -0.39 is 38.4 Å². The molecule has 0 aromatic heterocycles. The molecule has 1 aliphatic rings. The van der Waals surface area contributed by atoms with Gasteiger partial charge in [-0.05, 0) is 39.0 Å². The van der Waals surface area contributed by atoms with Crippen molar-refractivity contribution in [2.75, 3.05) is 26.2 Å². The lowest BCUT2D eigenvalue weighted by molar-refractivity contribution is -0.137. The molecule has 0 atom stereocenters. The Balaban J connectivity index is 2.16. The zero-order valence-corrected chi connectivity index (χ0v) is 17.4. The van der Waals surface area contributed by atoms with Gasteiger partial charge in [0.2, 0.25) is 10.0 Å². The fourth-order valence-electron chi connectivity index (χ4n) is 2.46. The number of alkyl halides is 3. The van der Waals surface area contributed by atoms with Crippen molar-refractivity contribution < 1.29 is 31.1 Å². The van der Waals surface area contributed by atoms with Gasteiger partial charge in [-0.25, -0.2) is 13.2 Å². The van der Waals surface area contributed by atoms with E-state index >= 15 is 0 Å². The van der Waals surface area contributed by atoms with Crippen molar-refractivity contribution >= 4 is 32.0 Å². The van der Waals surface area contributed by atoms with Gasteiger partial charge in [-0.3, -0.25) is 0 Å². The van der Waals surface area contributed by atoms with Crippen molar-refractivity contribution in [2.45, 2.75) is 37.4 Å². The monoisotopic (exact) mass is 472 g/mol. The van der Waals surface area contributed by atoms with Gasteiger partial charge in [-0.2, -0.15) is 17.5 Å². The second-order valence-electron chi connectivity index (χ2n) is 7.04. The summed E-state index contributed by atoms with van der Waals surface area (Å²) in [6.45, 7) is 5.28. The van der Waals surface area contributed by atoms with Crippen LogP contribution in [0.5, 0.6) is 0 Å². The summed E-state index contributed by atoms with van der Waals surface area (Å²) >= 11 is 2.93. The molecule has 0 saturated carbocycles. The molecule has 11 heteroatoms. The molecular formula is C16H20BrF3N2O4S. The maximum absolute atomic E-state index is 13.0. The van der Waals surface area contributed by atoms with E-state index in [0.717, 1.165) is 16.4 Å². The molecule has 1 aliphatic heterocycles. The number of hydrogen-bond acceptors (Lipinski definition) is 4. The van der Waals surface area contributed by atoms with E-state index in [4.69, 9.17) is 4.74 Å². The van der Waals surface area contributed by atoms with Gasteiger partial charge in [0.05, 0.1) is 10.5 Å². The van der Waals surface area contributed by atoms with E-state index in [-0.39, 0.29) is 30.7 Å². The molecule has 27 heavy (non-hydrogen) atoms. The summed E-state index contributed by atoms with van der Waals surface area (Å²) in [7, 11) is -4.13. The van der Waals surface area contributed by atoms with Crippen LogP contribution < -0.4 is 0 Å². The molecular weight excluding hydrogens is 453 g/mol. The van der Waals surface area contributed by atoms with Gasteiger partial charge in [0, 0.05) is 30.7 Å². The fourth-order valence-corrected chi connectivity index (χ4v) is 4.60. The molecule has 0 bridgehead atoms. The molecule has 1 saturated heterocycles. The molecule has 1 amide bonds. The van der Waals surface area contributed by atoms with Gasteiger partial charge >= 0.3 is 12.3 Å². The van der Waals surface area contributed by atoms with E-state index in [0.29, 0.717) is 6.07 Å². The molecule has 1 fully saturated rings. The molecule has 1 aromatic carbocycles. The standard InChI is InChI=1S/C16H20BrF3N2O4S/c1-15(2,3)26-14(23)21-4-6-22(7-5-21)27(24,25)13-9-11(16(18,19)20)8-12(17)10-13/h8-10H,4-7H2,1-3H3. The Bertz CT molecular complexity index is 814. The summed E-state index contributed by atoms with van der Waals surface area (Å²) in [5, 5.41) is 0. The molecule has 2 rings (SSSR count). The Morgan fingerprint density at radius 3 is 2.11 bits per heavy atom. The molecule has 0 unspecified atom stereocenters. The number of carbonyl (C=O) groups is 1. The van der Waals surface area contributed by atoms with E-state index in [2.05, 4.69) is 15.9 Å².